The first-order valence-electron chi connectivity index (χ1n) is 31.3. The van der Waals surface area contributed by atoms with Gasteiger partial charge in [0, 0.05) is 93.7 Å². The van der Waals surface area contributed by atoms with Gasteiger partial charge < -0.3 is 27.7 Å². The lowest BCUT2D eigenvalue weighted by atomic mass is 10.0. The van der Waals surface area contributed by atoms with Gasteiger partial charge in [0.15, 0.2) is 0 Å². The highest BCUT2D eigenvalue weighted by molar-refractivity contribution is 6.26. The lowest BCUT2D eigenvalue weighted by molar-refractivity contribution is 1.12. The van der Waals surface area contributed by atoms with Crippen molar-refractivity contribution in [2.45, 2.75) is 6.92 Å². The van der Waals surface area contributed by atoms with Gasteiger partial charge in [-0.15, -0.1) is 0 Å². The molecule has 426 valence electrons. The molecule has 0 unspecified atom stereocenters. The van der Waals surface area contributed by atoms with Crippen LogP contribution in [0.4, 0.5) is 17.1 Å². The Morgan fingerprint density at radius 2 is 0.527 bits per heavy atom. The van der Waals surface area contributed by atoms with Crippen molar-refractivity contribution in [3.8, 4) is 39.6 Å². The number of fused-ring (bicyclic) bond motifs is 17. The van der Waals surface area contributed by atoms with Crippen molar-refractivity contribution in [1.29, 1.82) is 0 Å². The summed E-state index contributed by atoms with van der Waals surface area (Å²) in [6.07, 6.45) is 0. The molecule has 0 spiro atoms. The third kappa shape index (κ3) is 7.54. The summed E-state index contributed by atoms with van der Waals surface area (Å²) >= 11 is 0. The van der Waals surface area contributed by atoms with Crippen molar-refractivity contribution in [3.05, 3.63) is 327 Å². The maximum Gasteiger partial charge on any atom is 0.0788 e. The van der Waals surface area contributed by atoms with Gasteiger partial charge in [0.05, 0.1) is 60.9 Å². The van der Waals surface area contributed by atoms with Crippen LogP contribution < -0.4 is 4.90 Å². The summed E-state index contributed by atoms with van der Waals surface area (Å²) in [5.74, 6) is 0. The van der Waals surface area contributed by atoms with Crippen LogP contribution in [-0.4, -0.2) is 22.8 Å². The average Bonchev–Trinajstić information content (AvgIpc) is 1.59. The largest absolute Gasteiger partial charge is 0.308 e. The van der Waals surface area contributed by atoms with Gasteiger partial charge in [-0.2, -0.15) is 0 Å². The summed E-state index contributed by atoms with van der Waals surface area (Å²) in [5.41, 5.74) is 23.7. The molecular formula is C85H56N6. The van der Waals surface area contributed by atoms with Crippen molar-refractivity contribution in [3.63, 3.8) is 0 Å². The van der Waals surface area contributed by atoms with Crippen molar-refractivity contribution < 1.29 is 0 Å². The number of para-hydroxylation sites is 10. The zero-order valence-corrected chi connectivity index (χ0v) is 49.8. The highest BCUT2D eigenvalue weighted by Crippen LogP contribution is 2.48. The fourth-order valence-electron chi connectivity index (χ4n) is 15.3. The van der Waals surface area contributed by atoms with Gasteiger partial charge in [0.25, 0.3) is 0 Å². The Morgan fingerprint density at radius 1 is 0.209 bits per heavy atom. The minimum absolute atomic E-state index is 1.05. The Kier molecular flexibility index (Phi) is 11.2. The predicted octanol–water partition coefficient (Wildman–Crippen LogP) is 22.6. The fraction of sp³-hybridized carbons (Fsp3) is 0.0118. The van der Waals surface area contributed by atoms with Crippen molar-refractivity contribution in [1.82, 2.24) is 22.8 Å². The number of aromatic nitrogens is 5. The van der Waals surface area contributed by atoms with Crippen LogP contribution in [0.2, 0.25) is 0 Å². The molecule has 0 saturated heterocycles. The van der Waals surface area contributed by atoms with Crippen molar-refractivity contribution in [2.24, 2.45) is 0 Å². The van der Waals surface area contributed by atoms with Gasteiger partial charge in [0.1, 0.15) is 0 Å². The van der Waals surface area contributed by atoms with Gasteiger partial charge in [0.2, 0.25) is 0 Å². The van der Waals surface area contributed by atoms with Crippen molar-refractivity contribution in [2.75, 3.05) is 4.90 Å². The fourth-order valence-corrected chi connectivity index (χ4v) is 15.3. The molecule has 0 bridgehead atoms. The molecule has 19 rings (SSSR count). The number of rotatable bonds is 9. The summed E-state index contributed by atoms with van der Waals surface area (Å²) in [4.78, 5) is 2.45. The van der Waals surface area contributed by atoms with Crippen LogP contribution in [0.15, 0.2) is 322 Å². The second kappa shape index (κ2) is 20.0. The lowest BCUT2D eigenvalue weighted by Gasteiger charge is -2.28. The normalized spacial score (nSPS) is 12.0. The summed E-state index contributed by atoms with van der Waals surface area (Å²) in [6.45, 7) is 2.22. The van der Waals surface area contributed by atoms with Crippen LogP contribution in [0.1, 0.15) is 5.56 Å². The second-order valence-electron chi connectivity index (χ2n) is 24.1. The van der Waals surface area contributed by atoms with E-state index in [9.17, 15) is 0 Å². The third-order valence-corrected chi connectivity index (χ3v) is 19.1. The van der Waals surface area contributed by atoms with E-state index in [2.05, 4.69) is 356 Å². The Balaban J connectivity index is 0.912. The Labute approximate surface area is 524 Å². The SMILES string of the molecule is Cc1ccccc1N(c1ccccc1)c1cccc2c3ccccc3n(-c3cc(-c4ccc(-n5c6ccccc6c6ccc7c8ccccc8n(-c8ccccc8)c7c65)cc4)cc(-n4c5ccccc5c5ccc6c7ccccc7n(-c7ccccc7)c6c54)c3)c12. The zero-order chi connectivity index (χ0) is 59.8. The first-order chi connectivity index (χ1) is 45.1. The van der Waals surface area contributed by atoms with Crippen LogP contribution in [0.5, 0.6) is 0 Å². The van der Waals surface area contributed by atoms with Crippen LogP contribution in [0.25, 0.3) is 149 Å². The number of aryl methyl sites for hydroxylation is 1. The molecule has 0 aliphatic carbocycles. The molecule has 5 heterocycles. The summed E-state index contributed by atoms with van der Waals surface area (Å²) in [7, 11) is 0. The molecule has 6 heteroatoms. The van der Waals surface area contributed by atoms with Crippen LogP contribution >= 0.6 is 0 Å². The first kappa shape index (κ1) is 51.0. The molecule has 14 aromatic carbocycles. The van der Waals surface area contributed by atoms with E-state index in [0.717, 1.165) is 84.2 Å². The molecule has 6 nitrogen and oxygen atoms in total. The minimum Gasteiger partial charge on any atom is -0.308 e. The van der Waals surface area contributed by atoms with Gasteiger partial charge in [-0.3, -0.25) is 0 Å². The van der Waals surface area contributed by atoms with E-state index in [1.54, 1.807) is 0 Å². The quantitative estimate of drug-likeness (QED) is 0.142. The molecule has 19 aromatic rings. The molecule has 0 amide bonds. The van der Waals surface area contributed by atoms with E-state index in [4.69, 9.17) is 0 Å². The summed E-state index contributed by atoms with van der Waals surface area (Å²) in [6, 6.07) is 119. The van der Waals surface area contributed by atoms with Gasteiger partial charge in [-0.25, -0.2) is 0 Å². The van der Waals surface area contributed by atoms with Crippen LogP contribution in [0.3, 0.4) is 0 Å². The third-order valence-electron chi connectivity index (χ3n) is 19.1. The van der Waals surface area contributed by atoms with Gasteiger partial charge in [-0.05, 0) is 133 Å². The highest BCUT2D eigenvalue weighted by atomic mass is 15.2. The molecule has 0 aliphatic heterocycles. The number of hydrogen-bond donors (Lipinski definition) is 0. The highest BCUT2D eigenvalue weighted by Gasteiger charge is 2.27. The first-order valence-corrected chi connectivity index (χ1v) is 31.3. The molecule has 91 heavy (non-hydrogen) atoms. The lowest BCUT2D eigenvalue weighted by Crippen LogP contribution is -2.13. The molecule has 0 atom stereocenters. The van der Waals surface area contributed by atoms with Gasteiger partial charge >= 0.3 is 0 Å². The number of benzene rings is 14. The maximum absolute atomic E-state index is 2.56. The summed E-state index contributed by atoms with van der Waals surface area (Å²) < 4.78 is 12.5. The Morgan fingerprint density at radius 3 is 0.956 bits per heavy atom. The molecular weight excluding hydrogens is 1100 g/mol. The number of anilines is 3. The molecule has 0 fully saturated rings. The van der Waals surface area contributed by atoms with Crippen LogP contribution in [0, 0.1) is 6.92 Å². The standard InChI is InChI=1S/C85H56N6/c1-55-24-11-17-37-74(55)86(58-25-5-2-6-26-58)80-43-23-36-69-64-31-12-21-41-78(64)90(81(69)80)62-52-57(53-63(54-62)91-79-42-22-16-35-68(79)73-51-50-72-66-33-14-19-39-76(66)88(84(72)85(73)91)60-29-9-4-10-30-60)56-44-46-61(47-45-56)89-77-40-20-15-34-67(77)71-49-48-70-65-32-13-18-38-75(65)87(82(70)83(71)89)59-27-7-3-8-28-59/h2-54H,1H3. The minimum atomic E-state index is 1.05. The molecule has 0 N–H and O–H groups in total. The van der Waals surface area contributed by atoms with E-state index >= 15 is 0 Å². The maximum atomic E-state index is 2.56. The molecule has 0 saturated carbocycles. The number of hydrogen-bond acceptors (Lipinski definition) is 1. The molecule has 5 aromatic heterocycles. The molecule has 0 radical (unpaired) electrons. The zero-order valence-electron chi connectivity index (χ0n) is 49.8. The van der Waals surface area contributed by atoms with Crippen molar-refractivity contribution >= 4 is 126 Å². The summed E-state index contributed by atoms with van der Waals surface area (Å²) in [5, 5.41) is 12.1. The van der Waals surface area contributed by atoms with E-state index in [0.29, 0.717) is 0 Å². The van der Waals surface area contributed by atoms with E-state index in [1.165, 1.54) is 87.0 Å². The second-order valence-corrected chi connectivity index (χ2v) is 24.1. The van der Waals surface area contributed by atoms with E-state index in [-0.39, 0.29) is 0 Å². The van der Waals surface area contributed by atoms with Crippen LogP contribution in [-0.2, 0) is 0 Å². The van der Waals surface area contributed by atoms with E-state index < -0.39 is 0 Å². The van der Waals surface area contributed by atoms with E-state index in [1.807, 2.05) is 0 Å². The monoisotopic (exact) mass is 1160 g/mol. The topological polar surface area (TPSA) is 27.9 Å². The Hall–Kier alpha value is -12.1. The number of nitrogens with zero attached hydrogens (tertiary/aromatic N) is 6. The van der Waals surface area contributed by atoms with Gasteiger partial charge in [-0.1, -0.05) is 212 Å². The smallest absolute Gasteiger partial charge is 0.0788 e. The average molecular weight is 1160 g/mol. The molecule has 0 aliphatic rings. The Bertz CT molecular complexity index is 6140. The predicted molar refractivity (Wildman–Crippen MR) is 383 cm³/mol.